The van der Waals surface area contributed by atoms with E-state index in [2.05, 4.69) is 32.7 Å². The quantitative estimate of drug-likeness (QED) is 0.843. The number of benzene rings is 1. The van der Waals surface area contributed by atoms with E-state index in [0.717, 1.165) is 24.3 Å². The molecule has 0 aliphatic carbocycles. The molecule has 2 N–H and O–H groups in total. The zero-order chi connectivity index (χ0) is 13.8. The fourth-order valence-corrected chi connectivity index (χ4v) is 1.77. The van der Waals surface area contributed by atoms with E-state index in [1.54, 1.807) is 7.11 Å². The number of nitrogens with two attached hydrogens (primary N) is 1. The first-order valence-electron chi connectivity index (χ1n) is 6.51. The first-order chi connectivity index (χ1) is 8.40. The lowest BCUT2D eigenvalue weighted by atomic mass is 9.98. The number of methoxy groups -OCH3 is 1. The Kier molecular flexibility index (Phi) is 5.17. The van der Waals surface area contributed by atoms with Crippen LogP contribution >= 0.6 is 0 Å². The normalized spacial score (nSPS) is 13.7. The van der Waals surface area contributed by atoms with E-state index in [4.69, 9.17) is 10.5 Å². The maximum absolute atomic E-state index is 6.26. The van der Waals surface area contributed by atoms with Crippen LogP contribution in [0.25, 0.3) is 0 Å². The Bertz CT molecular complexity index is 359. The van der Waals surface area contributed by atoms with Gasteiger partial charge in [0, 0.05) is 18.1 Å². The Hall–Kier alpha value is -1.06. The second-order valence-electron chi connectivity index (χ2n) is 5.43. The molecule has 3 heteroatoms. The number of likely N-dealkylation sites (N-methyl/N-ethyl adjacent to an activating group) is 1. The van der Waals surface area contributed by atoms with Gasteiger partial charge < -0.3 is 10.5 Å². The van der Waals surface area contributed by atoms with Gasteiger partial charge >= 0.3 is 0 Å². The molecular formula is C15H26N2O. The van der Waals surface area contributed by atoms with Crippen LogP contribution in [-0.4, -0.2) is 31.1 Å². The predicted octanol–water partition coefficient (Wildman–Crippen LogP) is 2.82. The minimum absolute atomic E-state index is 0.0340. The number of hydrogen-bond acceptors (Lipinski definition) is 3. The second kappa shape index (κ2) is 6.21. The highest BCUT2D eigenvalue weighted by atomic mass is 16.5. The summed E-state index contributed by atoms with van der Waals surface area (Å²) in [6.07, 6.45) is 1.11. The van der Waals surface area contributed by atoms with Crippen molar-refractivity contribution >= 4 is 0 Å². The Balaban J connectivity index is 2.67. The molecule has 1 aromatic carbocycles. The summed E-state index contributed by atoms with van der Waals surface area (Å²) in [4.78, 5) is 2.32. The van der Waals surface area contributed by atoms with Crippen molar-refractivity contribution in [1.29, 1.82) is 0 Å². The average molecular weight is 250 g/mol. The first kappa shape index (κ1) is 15.0. The van der Waals surface area contributed by atoms with Gasteiger partial charge in [0.15, 0.2) is 0 Å². The molecule has 0 aliphatic heterocycles. The summed E-state index contributed by atoms with van der Waals surface area (Å²) in [6.45, 7) is 7.55. The molecule has 0 amide bonds. The van der Waals surface area contributed by atoms with Crippen LogP contribution in [0.5, 0.6) is 5.75 Å². The van der Waals surface area contributed by atoms with Crippen LogP contribution < -0.4 is 10.5 Å². The molecular weight excluding hydrogens is 224 g/mol. The Morgan fingerprint density at radius 2 is 1.83 bits per heavy atom. The van der Waals surface area contributed by atoms with Crippen molar-refractivity contribution < 1.29 is 4.74 Å². The van der Waals surface area contributed by atoms with Crippen molar-refractivity contribution in [3.8, 4) is 5.75 Å². The monoisotopic (exact) mass is 250 g/mol. The molecule has 0 aromatic heterocycles. The predicted molar refractivity (Wildman–Crippen MR) is 76.9 cm³/mol. The summed E-state index contributed by atoms with van der Waals surface area (Å²) >= 11 is 0. The number of rotatable bonds is 6. The maximum Gasteiger partial charge on any atom is 0.118 e. The van der Waals surface area contributed by atoms with Gasteiger partial charge in [-0.15, -0.1) is 0 Å². The van der Waals surface area contributed by atoms with Gasteiger partial charge in [0.25, 0.3) is 0 Å². The molecule has 0 heterocycles. The van der Waals surface area contributed by atoms with Gasteiger partial charge in [0.05, 0.1) is 7.11 Å². The van der Waals surface area contributed by atoms with Gasteiger partial charge in [-0.05, 0) is 45.0 Å². The number of hydrogen-bond donors (Lipinski definition) is 1. The SMILES string of the molecule is CCC(C)(C)N(C)CC(N)c1ccc(OC)cc1. The van der Waals surface area contributed by atoms with Gasteiger partial charge in [0.1, 0.15) is 5.75 Å². The van der Waals surface area contributed by atoms with Gasteiger partial charge in [-0.1, -0.05) is 19.1 Å². The maximum atomic E-state index is 6.26. The molecule has 102 valence electrons. The highest BCUT2D eigenvalue weighted by Gasteiger charge is 2.23. The zero-order valence-corrected chi connectivity index (χ0v) is 12.2. The Morgan fingerprint density at radius 1 is 1.28 bits per heavy atom. The van der Waals surface area contributed by atoms with E-state index >= 15 is 0 Å². The fraction of sp³-hybridized carbons (Fsp3) is 0.600. The molecule has 1 rings (SSSR count). The van der Waals surface area contributed by atoms with Crippen molar-refractivity contribution in [2.24, 2.45) is 5.73 Å². The molecule has 0 saturated heterocycles. The third kappa shape index (κ3) is 3.72. The molecule has 1 aromatic rings. The average Bonchev–Trinajstić information content (AvgIpc) is 2.38. The van der Waals surface area contributed by atoms with Crippen LogP contribution in [-0.2, 0) is 0 Å². The molecule has 0 aliphatic rings. The van der Waals surface area contributed by atoms with E-state index in [1.165, 1.54) is 0 Å². The van der Waals surface area contributed by atoms with Crippen LogP contribution in [0.1, 0.15) is 38.8 Å². The molecule has 18 heavy (non-hydrogen) atoms. The van der Waals surface area contributed by atoms with Crippen LogP contribution in [0.15, 0.2) is 24.3 Å². The fourth-order valence-electron chi connectivity index (χ4n) is 1.77. The van der Waals surface area contributed by atoms with E-state index in [0.29, 0.717) is 0 Å². The van der Waals surface area contributed by atoms with Gasteiger partial charge in [-0.2, -0.15) is 0 Å². The molecule has 0 saturated carbocycles. The summed E-state index contributed by atoms with van der Waals surface area (Å²) in [7, 11) is 3.80. The summed E-state index contributed by atoms with van der Waals surface area (Å²) in [5, 5.41) is 0. The lowest BCUT2D eigenvalue weighted by Gasteiger charge is -2.36. The van der Waals surface area contributed by atoms with Crippen molar-refractivity contribution in [1.82, 2.24) is 4.90 Å². The highest BCUT2D eigenvalue weighted by molar-refractivity contribution is 5.29. The van der Waals surface area contributed by atoms with Crippen LogP contribution in [0.2, 0.25) is 0 Å². The highest BCUT2D eigenvalue weighted by Crippen LogP contribution is 2.21. The molecule has 0 radical (unpaired) electrons. The summed E-state index contributed by atoms with van der Waals surface area (Å²) in [6, 6.07) is 8.03. The molecule has 3 nitrogen and oxygen atoms in total. The summed E-state index contributed by atoms with van der Waals surface area (Å²) in [5.74, 6) is 0.869. The summed E-state index contributed by atoms with van der Waals surface area (Å²) < 4.78 is 5.15. The Morgan fingerprint density at radius 3 is 2.28 bits per heavy atom. The smallest absolute Gasteiger partial charge is 0.118 e. The molecule has 1 atom stereocenters. The van der Waals surface area contributed by atoms with Crippen LogP contribution in [0, 0.1) is 0 Å². The van der Waals surface area contributed by atoms with Gasteiger partial charge in [-0.25, -0.2) is 0 Å². The van der Waals surface area contributed by atoms with Crippen LogP contribution in [0.3, 0.4) is 0 Å². The lowest BCUT2D eigenvalue weighted by Crippen LogP contribution is -2.44. The second-order valence-corrected chi connectivity index (χ2v) is 5.43. The zero-order valence-electron chi connectivity index (χ0n) is 12.2. The van der Waals surface area contributed by atoms with Gasteiger partial charge in [0.2, 0.25) is 0 Å². The Labute approximate surface area is 111 Å². The molecule has 0 spiro atoms. The molecule has 0 fully saturated rings. The van der Waals surface area contributed by atoms with E-state index in [9.17, 15) is 0 Å². The minimum atomic E-state index is 0.0340. The third-order valence-corrected chi connectivity index (χ3v) is 3.91. The van der Waals surface area contributed by atoms with E-state index < -0.39 is 0 Å². The van der Waals surface area contributed by atoms with Gasteiger partial charge in [-0.3, -0.25) is 4.90 Å². The van der Waals surface area contributed by atoms with E-state index in [1.807, 2.05) is 24.3 Å². The number of nitrogens with zero attached hydrogens (tertiary/aromatic N) is 1. The van der Waals surface area contributed by atoms with Crippen LogP contribution in [0.4, 0.5) is 0 Å². The molecule has 0 bridgehead atoms. The molecule has 1 unspecified atom stereocenters. The van der Waals surface area contributed by atoms with Crippen molar-refractivity contribution in [2.75, 3.05) is 20.7 Å². The third-order valence-electron chi connectivity index (χ3n) is 3.91. The van der Waals surface area contributed by atoms with Crippen molar-refractivity contribution in [3.05, 3.63) is 29.8 Å². The lowest BCUT2D eigenvalue weighted by molar-refractivity contribution is 0.142. The minimum Gasteiger partial charge on any atom is -0.497 e. The van der Waals surface area contributed by atoms with E-state index in [-0.39, 0.29) is 11.6 Å². The number of ether oxygens (including phenoxy) is 1. The first-order valence-corrected chi connectivity index (χ1v) is 6.51. The summed E-state index contributed by atoms with van der Waals surface area (Å²) in [5.41, 5.74) is 7.59. The topological polar surface area (TPSA) is 38.5 Å². The van der Waals surface area contributed by atoms with Crippen molar-refractivity contribution in [2.45, 2.75) is 38.8 Å². The van der Waals surface area contributed by atoms with Crippen molar-refractivity contribution in [3.63, 3.8) is 0 Å². The standard InChI is InChI=1S/C15H26N2O/c1-6-15(2,3)17(4)11-14(16)12-7-9-13(18-5)10-8-12/h7-10,14H,6,11,16H2,1-5H3. The largest absolute Gasteiger partial charge is 0.497 e.